The van der Waals surface area contributed by atoms with Crippen LogP contribution in [0.5, 0.6) is 0 Å². The largest absolute Gasteiger partial charge is 0.465 e. The molecule has 1 aromatic heterocycles. The Balaban J connectivity index is 1.70. The lowest BCUT2D eigenvalue weighted by molar-refractivity contribution is -0.0760. The smallest absolute Gasteiger partial charge is 0.404 e. The topological polar surface area (TPSA) is 108 Å². The lowest BCUT2D eigenvalue weighted by Gasteiger charge is -2.43. The fraction of sp³-hybridized carbons (Fsp3) is 0.500. The molecule has 0 unspecified atom stereocenters. The predicted molar refractivity (Wildman–Crippen MR) is 134 cm³/mol. The Morgan fingerprint density at radius 2 is 1.94 bits per heavy atom. The van der Waals surface area contributed by atoms with Gasteiger partial charge in [-0.05, 0) is 44.1 Å². The van der Waals surface area contributed by atoms with Gasteiger partial charge in [-0.2, -0.15) is 0 Å². The zero-order valence-electron chi connectivity index (χ0n) is 20.0. The molecule has 2 aromatic rings. The van der Waals surface area contributed by atoms with Crippen LogP contribution in [0, 0.1) is 12.3 Å². The molecule has 0 radical (unpaired) electrons. The van der Waals surface area contributed by atoms with Crippen molar-refractivity contribution in [2.75, 3.05) is 32.1 Å². The van der Waals surface area contributed by atoms with Crippen molar-refractivity contribution in [1.29, 1.82) is 0 Å². The van der Waals surface area contributed by atoms with Gasteiger partial charge in [0.1, 0.15) is 0 Å². The quantitative estimate of drug-likeness (QED) is 0.544. The highest BCUT2D eigenvalue weighted by molar-refractivity contribution is 6.43. The summed E-state index contributed by atoms with van der Waals surface area (Å²) in [6.07, 6.45) is 3.46. The third-order valence-corrected chi connectivity index (χ3v) is 8.10. The van der Waals surface area contributed by atoms with Crippen molar-refractivity contribution in [3.63, 3.8) is 0 Å². The molecule has 0 bridgehead atoms. The highest BCUT2D eigenvalue weighted by Crippen LogP contribution is 2.47. The molecule has 1 atom stereocenters. The van der Waals surface area contributed by atoms with Crippen molar-refractivity contribution in [2.45, 2.75) is 45.1 Å². The average molecular weight is 522 g/mol. The molecule has 1 saturated heterocycles. The molecule has 4 rings (SSSR count). The van der Waals surface area contributed by atoms with Crippen molar-refractivity contribution in [3.05, 3.63) is 39.6 Å². The summed E-state index contributed by atoms with van der Waals surface area (Å²) in [5.74, 6) is 0.0508. The van der Waals surface area contributed by atoms with Gasteiger partial charge in [0.05, 0.1) is 28.5 Å². The van der Waals surface area contributed by atoms with Crippen molar-refractivity contribution >= 4 is 41.0 Å². The highest BCUT2D eigenvalue weighted by Gasteiger charge is 2.46. The number of hydrogen-bond acceptors (Lipinski definition) is 6. The van der Waals surface area contributed by atoms with E-state index in [1.165, 1.54) is 14.2 Å². The number of nitrogens with one attached hydrogen (secondary N) is 1. The van der Waals surface area contributed by atoms with Crippen molar-refractivity contribution in [2.24, 2.45) is 5.41 Å². The number of anilines is 1. The van der Waals surface area contributed by atoms with Gasteiger partial charge in [0.25, 0.3) is 5.91 Å². The number of hydrogen-bond donors (Lipinski definition) is 2. The standard InChI is InChI=1S/C24H29Cl2N5O4/c1-14-19(15-6-4-7-16(25)18(15)26)29-20(22(32)30(2)35-3)21(27-14)31-12-10-24(11-13-31)9-5-8-17(24)28-23(33)34/h4,6-7,17,28H,5,8-13H2,1-3H3,(H,33,34)/t17-/m1/s1. The zero-order valence-corrected chi connectivity index (χ0v) is 21.5. The van der Waals surface area contributed by atoms with Gasteiger partial charge in [0.15, 0.2) is 11.5 Å². The van der Waals surface area contributed by atoms with Gasteiger partial charge < -0.3 is 15.3 Å². The molecule has 35 heavy (non-hydrogen) atoms. The third kappa shape index (κ3) is 4.90. The van der Waals surface area contributed by atoms with E-state index in [9.17, 15) is 14.7 Å². The van der Waals surface area contributed by atoms with E-state index >= 15 is 0 Å². The SMILES string of the molecule is CON(C)C(=O)c1nc(-c2cccc(Cl)c2Cl)c(C)nc1N1CCC2(CCC[C@H]2NC(=O)O)CC1. The average Bonchev–Trinajstić information content (AvgIpc) is 3.21. The number of amides is 2. The number of nitrogens with zero attached hydrogens (tertiary/aromatic N) is 4. The van der Waals surface area contributed by atoms with Crippen molar-refractivity contribution in [1.82, 2.24) is 20.3 Å². The number of hydroxylamine groups is 2. The van der Waals surface area contributed by atoms with Gasteiger partial charge in [0, 0.05) is 31.7 Å². The van der Waals surface area contributed by atoms with E-state index in [0.29, 0.717) is 45.9 Å². The van der Waals surface area contributed by atoms with E-state index in [1.54, 1.807) is 18.2 Å². The Bertz CT molecular complexity index is 1140. The van der Waals surface area contributed by atoms with Crippen LogP contribution >= 0.6 is 23.2 Å². The summed E-state index contributed by atoms with van der Waals surface area (Å²) in [5, 5.41) is 13.8. The van der Waals surface area contributed by atoms with Crippen molar-refractivity contribution in [3.8, 4) is 11.3 Å². The number of carbonyl (C=O) groups excluding carboxylic acids is 1. The highest BCUT2D eigenvalue weighted by atomic mass is 35.5. The first-order valence-corrected chi connectivity index (χ1v) is 12.3. The van der Waals surface area contributed by atoms with Crippen LogP contribution in [0.15, 0.2) is 18.2 Å². The number of rotatable bonds is 5. The summed E-state index contributed by atoms with van der Waals surface area (Å²) < 4.78 is 0. The van der Waals surface area contributed by atoms with E-state index in [1.807, 2.05) is 6.92 Å². The van der Waals surface area contributed by atoms with Crippen LogP contribution in [0.25, 0.3) is 11.3 Å². The second kappa shape index (κ2) is 10.2. The van der Waals surface area contributed by atoms with Crippen LogP contribution in [0.2, 0.25) is 10.0 Å². The number of aromatic nitrogens is 2. The minimum absolute atomic E-state index is 0.0527. The molecule has 1 aliphatic carbocycles. The summed E-state index contributed by atoms with van der Waals surface area (Å²) in [4.78, 5) is 41.3. The first kappa shape index (κ1) is 25.5. The maximum absolute atomic E-state index is 13.2. The molecule has 188 valence electrons. The summed E-state index contributed by atoms with van der Waals surface area (Å²) in [6.45, 7) is 3.10. The normalized spacial score (nSPS) is 19.1. The second-order valence-corrected chi connectivity index (χ2v) is 9.95. The summed E-state index contributed by atoms with van der Waals surface area (Å²) in [6, 6.07) is 5.20. The van der Waals surface area contributed by atoms with E-state index in [-0.39, 0.29) is 17.2 Å². The number of piperidine rings is 1. The zero-order chi connectivity index (χ0) is 25.3. The fourth-order valence-electron chi connectivity index (χ4n) is 5.32. The molecule has 2 fully saturated rings. The maximum atomic E-state index is 13.2. The van der Waals surface area contributed by atoms with Gasteiger partial charge in [-0.3, -0.25) is 9.63 Å². The molecule has 2 aliphatic rings. The Hall–Kier alpha value is -2.62. The lowest BCUT2D eigenvalue weighted by atomic mass is 9.74. The monoisotopic (exact) mass is 521 g/mol. The molecule has 2 N–H and O–H groups in total. The van der Waals surface area contributed by atoms with Gasteiger partial charge in [-0.1, -0.05) is 41.8 Å². The Morgan fingerprint density at radius 1 is 1.23 bits per heavy atom. The molecular formula is C24H29Cl2N5O4. The van der Waals surface area contributed by atoms with E-state index in [0.717, 1.165) is 37.2 Å². The van der Waals surface area contributed by atoms with E-state index < -0.39 is 12.0 Å². The number of aryl methyl sites for hydroxylation is 1. The Kier molecular flexibility index (Phi) is 7.40. The van der Waals surface area contributed by atoms with Gasteiger partial charge in [-0.25, -0.2) is 19.8 Å². The number of halogens is 2. The van der Waals surface area contributed by atoms with E-state index in [4.69, 9.17) is 38.0 Å². The first-order chi connectivity index (χ1) is 16.7. The maximum Gasteiger partial charge on any atom is 0.404 e. The van der Waals surface area contributed by atoms with Crippen molar-refractivity contribution < 1.29 is 19.5 Å². The number of carbonyl (C=O) groups is 2. The number of carboxylic acid groups (broad SMARTS) is 1. The first-order valence-electron chi connectivity index (χ1n) is 11.6. The molecular weight excluding hydrogens is 493 g/mol. The molecule has 2 amide bonds. The van der Waals surface area contributed by atoms with Crippen LogP contribution in [0.4, 0.5) is 10.6 Å². The molecule has 1 aliphatic heterocycles. The van der Waals surface area contributed by atoms with Gasteiger partial charge in [0.2, 0.25) is 0 Å². The van der Waals surface area contributed by atoms with Gasteiger partial charge in [-0.15, -0.1) is 0 Å². The number of benzene rings is 1. The van der Waals surface area contributed by atoms with Crippen LogP contribution in [-0.4, -0.2) is 65.4 Å². The van der Waals surface area contributed by atoms with Crippen LogP contribution in [0.3, 0.4) is 0 Å². The molecule has 1 aromatic carbocycles. The second-order valence-electron chi connectivity index (χ2n) is 9.16. The van der Waals surface area contributed by atoms with Crippen LogP contribution < -0.4 is 10.2 Å². The Morgan fingerprint density at radius 3 is 2.60 bits per heavy atom. The minimum atomic E-state index is -0.981. The molecule has 11 heteroatoms. The van der Waals surface area contributed by atoms with Crippen LogP contribution in [0.1, 0.15) is 48.3 Å². The summed E-state index contributed by atoms with van der Waals surface area (Å²) in [7, 11) is 2.93. The predicted octanol–water partition coefficient (Wildman–Crippen LogP) is 4.80. The molecule has 1 spiro atoms. The molecule has 2 heterocycles. The fourth-order valence-corrected chi connectivity index (χ4v) is 5.71. The lowest BCUT2D eigenvalue weighted by Crippen LogP contribution is -2.50. The van der Waals surface area contributed by atoms with Crippen LogP contribution in [-0.2, 0) is 4.84 Å². The third-order valence-electron chi connectivity index (χ3n) is 7.28. The van der Waals surface area contributed by atoms with E-state index in [2.05, 4.69) is 10.2 Å². The summed E-state index contributed by atoms with van der Waals surface area (Å²) in [5.41, 5.74) is 1.78. The van der Waals surface area contributed by atoms with Gasteiger partial charge >= 0.3 is 6.09 Å². The summed E-state index contributed by atoms with van der Waals surface area (Å²) >= 11 is 12.7. The minimum Gasteiger partial charge on any atom is -0.465 e. The molecule has 9 nitrogen and oxygen atoms in total. The Labute approximate surface area is 214 Å². The molecule has 1 saturated carbocycles.